The SMILES string of the molecule is CC(C)c1cncc(CC(C)c2ccc(Cl)nn2)n1. The van der Waals surface area contributed by atoms with Crippen molar-refractivity contribution in [2.45, 2.75) is 39.0 Å². The smallest absolute Gasteiger partial charge is 0.151 e. The van der Waals surface area contributed by atoms with Crippen LogP contribution in [0, 0.1) is 0 Å². The first-order valence-corrected chi connectivity index (χ1v) is 6.74. The summed E-state index contributed by atoms with van der Waals surface area (Å²) in [4.78, 5) is 8.87. The lowest BCUT2D eigenvalue weighted by Gasteiger charge is -2.11. The monoisotopic (exact) mass is 276 g/mol. The topological polar surface area (TPSA) is 51.6 Å². The third-order valence-corrected chi connectivity index (χ3v) is 3.17. The van der Waals surface area contributed by atoms with E-state index in [0.717, 1.165) is 23.5 Å². The zero-order chi connectivity index (χ0) is 13.8. The molecule has 100 valence electrons. The molecule has 0 fully saturated rings. The first-order chi connectivity index (χ1) is 9.06. The van der Waals surface area contributed by atoms with Gasteiger partial charge in [0, 0.05) is 18.3 Å². The Kier molecular flexibility index (Phi) is 4.43. The van der Waals surface area contributed by atoms with Crippen LogP contribution in [0.1, 0.15) is 49.7 Å². The van der Waals surface area contributed by atoms with Crippen molar-refractivity contribution in [2.24, 2.45) is 0 Å². The molecule has 0 bridgehead atoms. The van der Waals surface area contributed by atoms with Crippen molar-refractivity contribution in [1.29, 1.82) is 0 Å². The van der Waals surface area contributed by atoms with E-state index in [-0.39, 0.29) is 5.92 Å². The fraction of sp³-hybridized carbons (Fsp3) is 0.429. The number of hydrogen-bond donors (Lipinski definition) is 0. The molecule has 5 heteroatoms. The summed E-state index contributed by atoms with van der Waals surface area (Å²) in [7, 11) is 0. The highest BCUT2D eigenvalue weighted by atomic mass is 35.5. The van der Waals surface area contributed by atoms with E-state index in [0.29, 0.717) is 11.1 Å². The average Bonchev–Trinajstić information content (AvgIpc) is 2.39. The Morgan fingerprint density at radius 2 is 1.84 bits per heavy atom. The highest BCUT2D eigenvalue weighted by Gasteiger charge is 2.11. The van der Waals surface area contributed by atoms with Crippen LogP contribution in [0.4, 0.5) is 0 Å². The van der Waals surface area contributed by atoms with Crippen molar-refractivity contribution >= 4 is 11.6 Å². The lowest BCUT2D eigenvalue weighted by molar-refractivity contribution is 0.684. The second-order valence-corrected chi connectivity index (χ2v) is 5.36. The van der Waals surface area contributed by atoms with Gasteiger partial charge in [0.05, 0.1) is 17.1 Å². The van der Waals surface area contributed by atoms with Gasteiger partial charge in [-0.25, -0.2) is 0 Å². The van der Waals surface area contributed by atoms with E-state index >= 15 is 0 Å². The zero-order valence-corrected chi connectivity index (χ0v) is 12.1. The van der Waals surface area contributed by atoms with Gasteiger partial charge in [-0.05, 0) is 24.5 Å². The summed E-state index contributed by atoms with van der Waals surface area (Å²) in [6.45, 7) is 6.32. The molecule has 0 amide bonds. The Morgan fingerprint density at radius 3 is 2.47 bits per heavy atom. The molecule has 1 atom stereocenters. The molecule has 0 radical (unpaired) electrons. The van der Waals surface area contributed by atoms with E-state index in [1.807, 2.05) is 18.5 Å². The first-order valence-electron chi connectivity index (χ1n) is 6.36. The normalized spacial score (nSPS) is 12.7. The minimum absolute atomic E-state index is 0.237. The van der Waals surface area contributed by atoms with Gasteiger partial charge in [-0.1, -0.05) is 32.4 Å². The summed E-state index contributed by atoms with van der Waals surface area (Å²) < 4.78 is 0. The van der Waals surface area contributed by atoms with Gasteiger partial charge in [-0.15, -0.1) is 5.10 Å². The molecule has 0 N–H and O–H groups in total. The first kappa shape index (κ1) is 13.9. The quantitative estimate of drug-likeness (QED) is 0.859. The third-order valence-electron chi connectivity index (χ3n) is 2.97. The van der Waals surface area contributed by atoms with Crippen LogP contribution < -0.4 is 0 Å². The van der Waals surface area contributed by atoms with Gasteiger partial charge in [0.2, 0.25) is 0 Å². The van der Waals surface area contributed by atoms with Crippen molar-refractivity contribution in [3.8, 4) is 0 Å². The predicted octanol–water partition coefficient (Wildman–Crippen LogP) is 3.39. The van der Waals surface area contributed by atoms with Crippen LogP contribution in [0.25, 0.3) is 0 Å². The lowest BCUT2D eigenvalue weighted by atomic mass is 10.0. The molecule has 2 aromatic rings. The van der Waals surface area contributed by atoms with Crippen molar-refractivity contribution in [2.75, 3.05) is 0 Å². The second kappa shape index (κ2) is 6.06. The van der Waals surface area contributed by atoms with Crippen LogP contribution in [-0.4, -0.2) is 20.2 Å². The van der Waals surface area contributed by atoms with Crippen LogP contribution >= 0.6 is 11.6 Å². The summed E-state index contributed by atoms with van der Waals surface area (Å²) in [6.07, 6.45) is 4.43. The van der Waals surface area contributed by atoms with E-state index in [9.17, 15) is 0 Å². The standard InChI is InChI=1S/C14H17ClN4/c1-9(2)13-8-16-7-11(17-13)6-10(3)12-4-5-14(15)19-18-12/h4-5,7-10H,6H2,1-3H3. The van der Waals surface area contributed by atoms with Gasteiger partial charge >= 0.3 is 0 Å². The van der Waals surface area contributed by atoms with Gasteiger partial charge < -0.3 is 0 Å². The molecule has 0 aliphatic rings. The molecule has 1 unspecified atom stereocenters. The molecule has 2 aromatic heterocycles. The summed E-state index contributed by atoms with van der Waals surface area (Å²) in [5.74, 6) is 0.625. The molecule has 0 saturated carbocycles. The van der Waals surface area contributed by atoms with E-state index < -0.39 is 0 Å². The molecule has 19 heavy (non-hydrogen) atoms. The molecule has 0 aliphatic carbocycles. The summed E-state index contributed by atoms with van der Waals surface area (Å²) in [5.41, 5.74) is 2.92. The van der Waals surface area contributed by atoms with Crippen LogP contribution in [0.2, 0.25) is 5.15 Å². The highest BCUT2D eigenvalue weighted by molar-refractivity contribution is 6.29. The van der Waals surface area contributed by atoms with Crippen molar-refractivity contribution in [3.05, 3.63) is 46.8 Å². The summed E-state index contributed by atoms with van der Waals surface area (Å²) >= 11 is 5.74. The van der Waals surface area contributed by atoms with Crippen LogP contribution in [-0.2, 0) is 6.42 Å². The molecule has 2 rings (SSSR count). The van der Waals surface area contributed by atoms with Crippen LogP contribution in [0.5, 0.6) is 0 Å². The molecule has 0 spiro atoms. The van der Waals surface area contributed by atoms with Crippen molar-refractivity contribution in [3.63, 3.8) is 0 Å². The van der Waals surface area contributed by atoms with Gasteiger partial charge in [0.15, 0.2) is 5.15 Å². The van der Waals surface area contributed by atoms with Gasteiger partial charge in [0.1, 0.15) is 0 Å². The molecule has 0 aliphatic heterocycles. The number of rotatable bonds is 4. The third kappa shape index (κ3) is 3.70. The summed E-state index contributed by atoms with van der Waals surface area (Å²) in [5, 5.41) is 8.38. The highest BCUT2D eigenvalue weighted by Crippen LogP contribution is 2.19. The zero-order valence-electron chi connectivity index (χ0n) is 11.3. The Morgan fingerprint density at radius 1 is 1.05 bits per heavy atom. The maximum absolute atomic E-state index is 5.74. The number of aromatic nitrogens is 4. The van der Waals surface area contributed by atoms with Gasteiger partial charge in [0.25, 0.3) is 0 Å². The minimum Gasteiger partial charge on any atom is -0.261 e. The predicted molar refractivity (Wildman–Crippen MR) is 75.3 cm³/mol. The molecule has 4 nitrogen and oxygen atoms in total. The van der Waals surface area contributed by atoms with Crippen LogP contribution in [0.15, 0.2) is 24.5 Å². The van der Waals surface area contributed by atoms with Crippen molar-refractivity contribution < 1.29 is 0 Å². The molecule has 0 aromatic carbocycles. The summed E-state index contributed by atoms with van der Waals surface area (Å²) in [6, 6.07) is 3.66. The number of halogens is 1. The molecule has 2 heterocycles. The van der Waals surface area contributed by atoms with E-state index in [2.05, 4.69) is 40.9 Å². The Labute approximate surface area is 118 Å². The maximum Gasteiger partial charge on any atom is 0.151 e. The maximum atomic E-state index is 5.74. The van der Waals surface area contributed by atoms with E-state index in [4.69, 9.17) is 11.6 Å². The average molecular weight is 277 g/mol. The second-order valence-electron chi connectivity index (χ2n) is 4.98. The van der Waals surface area contributed by atoms with Gasteiger partial charge in [-0.2, -0.15) is 5.10 Å². The Hall–Kier alpha value is -1.55. The Balaban J connectivity index is 2.12. The van der Waals surface area contributed by atoms with Gasteiger partial charge in [-0.3, -0.25) is 9.97 Å². The molecular formula is C14H17ClN4. The molecular weight excluding hydrogens is 260 g/mol. The lowest BCUT2D eigenvalue weighted by Crippen LogP contribution is -2.06. The fourth-order valence-electron chi connectivity index (χ4n) is 1.81. The number of hydrogen-bond acceptors (Lipinski definition) is 4. The van der Waals surface area contributed by atoms with Crippen molar-refractivity contribution in [1.82, 2.24) is 20.2 Å². The van der Waals surface area contributed by atoms with E-state index in [1.165, 1.54) is 0 Å². The largest absolute Gasteiger partial charge is 0.261 e. The van der Waals surface area contributed by atoms with Crippen LogP contribution in [0.3, 0.4) is 0 Å². The molecule has 0 saturated heterocycles. The Bertz CT molecular complexity index is 539. The number of nitrogens with zero attached hydrogens (tertiary/aromatic N) is 4. The fourth-order valence-corrected chi connectivity index (χ4v) is 1.91. The minimum atomic E-state index is 0.237. The van der Waals surface area contributed by atoms with E-state index in [1.54, 1.807) is 6.07 Å².